The smallest absolute Gasteiger partial charge is 0.264 e. The van der Waals surface area contributed by atoms with E-state index in [-0.39, 0.29) is 23.4 Å². The van der Waals surface area contributed by atoms with E-state index in [1.807, 2.05) is 32.9 Å². The number of nitrogens with one attached hydrogen (secondary N) is 1. The molecule has 2 aromatic carbocycles. The van der Waals surface area contributed by atoms with E-state index < -0.39 is 10.0 Å². The molecule has 0 fully saturated rings. The van der Waals surface area contributed by atoms with Crippen molar-refractivity contribution in [3.8, 4) is 0 Å². The predicted molar refractivity (Wildman–Crippen MR) is 109 cm³/mol. The number of carbonyl (C=O) groups excluding carboxylic acids is 1. The van der Waals surface area contributed by atoms with Crippen molar-refractivity contribution in [2.75, 3.05) is 10.8 Å². The Morgan fingerprint density at radius 3 is 2.30 bits per heavy atom. The molecule has 1 unspecified atom stereocenters. The van der Waals surface area contributed by atoms with E-state index in [0.29, 0.717) is 12.1 Å². The molecule has 0 heterocycles. The van der Waals surface area contributed by atoms with E-state index in [2.05, 4.69) is 5.32 Å². The summed E-state index contributed by atoms with van der Waals surface area (Å²) in [5, 5.41) is 2.90. The van der Waals surface area contributed by atoms with Crippen LogP contribution in [-0.4, -0.2) is 26.9 Å². The van der Waals surface area contributed by atoms with Crippen LogP contribution in [0.1, 0.15) is 39.2 Å². The number of rotatable bonds is 9. The van der Waals surface area contributed by atoms with Gasteiger partial charge in [-0.1, -0.05) is 56.7 Å². The first kappa shape index (κ1) is 21.0. The van der Waals surface area contributed by atoms with Gasteiger partial charge in [0.15, 0.2) is 0 Å². The Labute approximate surface area is 162 Å². The Hall–Kier alpha value is -2.34. The van der Waals surface area contributed by atoms with Crippen molar-refractivity contribution in [1.82, 2.24) is 5.32 Å². The lowest BCUT2D eigenvalue weighted by atomic mass is 10.1. The van der Waals surface area contributed by atoms with Gasteiger partial charge in [-0.3, -0.25) is 9.10 Å². The largest absolute Gasteiger partial charge is 0.352 e. The summed E-state index contributed by atoms with van der Waals surface area (Å²) in [6.45, 7) is 5.70. The quantitative estimate of drug-likeness (QED) is 0.711. The number of nitrogens with zero attached hydrogens (tertiary/aromatic N) is 1. The number of sulfonamides is 1. The highest BCUT2D eigenvalue weighted by Gasteiger charge is 2.28. The molecule has 5 nitrogen and oxygen atoms in total. The Kier molecular flexibility index (Phi) is 7.42. The van der Waals surface area contributed by atoms with Gasteiger partial charge < -0.3 is 5.32 Å². The van der Waals surface area contributed by atoms with Crippen LogP contribution in [0.15, 0.2) is 59.5 Å². The Balaban J connectivity index is 2.42. The van der Waals surface area contributed by atoms with E-state index >= 15 is 0 Å². The summed E-state index contributed by atoms with van der Waals surface area (Å²) in [7, 11) is -3.86. The molecule has 0 aliphatic heterocycles. The van der Waals surface area contributed by atoms with Crippen LogP contribution in [0.3, 0.4) is 0 Å². The standard InChI is InChI=1S/C21H28N2O3S/c1-4-11-17(3)22-21(24)16-23(20-15-10-9-12-18(20)5-2)27(25,26)19-13-7-6-8-14-19/h6-10,12-15,17H,4-5,11,16H2,1-3H3,(H,22,24). The van der Waals surface area contributed by atoms with Gasteiger partial charge in [0.05, 0.1) is 10.6 Å². The maximum atomic E-state index is 13.3. The summed E-state index contributed by atoms with van der Waals surface area (Å²) in [6.07, 6.45) is 2.47. The third-order valence-corrected chi connectivity index (χ3v) is 6.16. The van der Waals surface area contributed by atoms with Gasteiger partial charge in [0.25, 0.3) is 10.0 Å². The van der Waals surface area contributed by atoms with Gasteiger partial charge in [0.2, 0.25) is 5.91 Å². The molecule has 0 saturated heterocycles. The highest BCUT2D eigenvalue weighted by atomic mass is 32.2. The Morgan fingerprint density at radius 2 is 1.67 bits per heavy atom. The third-order valence-electron chi connectivity index (χ3n) is 4.39. The lowest BCUT2D eigenvalue weighted by Crippen LogP contribution is -2.43. The minimum Gasteiger partial charge on any atom is -0.352 e. The highest BCUT2D eigenvalue weighted by Crippen LogP contribution is 2.27. The maximum Gasteiger partial charge on any atom is 0.264 e. The zero-order chi connectivity index (χ0) is 19.9. The summed E-state index contributed by atoms with van der Waals surface area (Å²) in [5.41, 5.74) is 1.42. The first-order chi connectivity index (χ1) is 12.9. The lowest BCUT2D eigenvalue weighted by Gasteiger charge is -2.26. The van der Waals surface area contributed by atoms with E-state index in [9.17, 15) is 13.2 Å². The molecule has 1 atom stereocenters. The molecule has 1 amide bonds. The fraction of sp³-hybridized carbons (Fsp3) is 0.381. The molecular weight excluding hydrogens is 360 g/mol. The maximum absolute atomic E-state index is 13.3. The van der Waals surface area contributed by atoms with Gasteiger partial charge in [-0.2, -0.15) is 0 Å². The summed E-state index contributed by atoms with van der Waals surface area (Å²) in [5.74, 6) is -0.304. The highest BCUT2D eigenvalue weighted by molar-refractivity contribution is 7.92. The molecule has 0 bridgehead atoms. The second-order valence-corrected chi connectivity index (χ2v) is 8.43. The predicted octanol–water partition coefficient (Wildman–Crippen LogP) is 3.75. The fourth-order valence-electron chi connectivity index (χ4n) is 3.03. The molecule has 2 aromatic rings. The van der Waals surface area contributed by atoms with Gasteiger partial charge in [-0.15, -0.1) is 0 Å². The number of hydrogen-bond donors (Lipinski definition) is 1. The van der Waals surface area contributed by atoms with Crippen molar-refractivity contribution < 1.29 is 13.2 Å². The summed E-state index contributed by atoms with van der Waals surface area (Å²) in [6, 6.07) is 15.5. The first-order valence-electron chi connectivity index (χ1n) is 9.35. The summed E-state index contributed by atoms with van der Waals surface area (Å²) in [4.78, 5) is 12.7. The molecule has 146 valence electrons. The van der Waals surface area contributed by atoms with E-state index in [1.165, 1.54) is 4.31 Å². The number of carbonyl (C=O) groups is 1. The molecule has 0 aliphatic carbocycles. The van der Waals surface area contributed by atoms with Crippen molar-refractivity contribution >= 4 is 21.6 Å². The lowest BCUT2D eigenvalue weighted by molar-refractivity contribution is -0.120. The number of anilines is 1. The van der Waals surface area contributed by atoms with Crippen molar-refractivity contribution in [2.45, 2.75) is 51.0 Å². The van der Waals surface area contributed by atoms with Crippen LogP contribution in [-0.2, 0) is 21.2 Å². The summed E-state index contributed by atoms with van der Waals surface area (Å²) >= 11 is 0. The van der Waals surface area contributed by atoms with Crippen LogP contribution in [0.25, 0.3) is 0 Å². The SMILES string of the molecule is CCCC(C)NC(=O)CN(c1ccccc1CC)S(=O)(=O)c1ccccc1. The fourth-order valence-corrected chi connectivity index (χ4v) is 4.51. The minimum atomic E-state index is -3.86. The average Bonchev–Trinajstić information content (AvgIpc) is 2.67. The van der Waals surface area contributed by atoms with Crippen LogP contribution in [0.2, 0.25) is 0 Å². The molecular formula is C21H28N2O3S. The molecule has 0 aromatic heterocycles. The molecule has 27 heavy (non-hydrogen) atoms. The van der Waals surface area contributed by atoms with E-state index in [0.717, 1.165) is 18.4 Å². The molecule has 6 heteroatoms. The van der Waals surface area contributed by atoms with Crippen LogP contribution in [0.5, 0.6) is 0 Å². The van der Waals surface area contributed by atoms with Gasteiger partial charge in [0.1, 0.15) is 6.54 Å². The second kappa shape index (κ2) is 9.55. The van der Waals surface area contributed by atoms with Gasteiger partial charge in [-0.25, -0.2) is 8.42 Å². The molecule has 0 saturated carbocycles. The van der Waals surface area contributed by atoms with Crippen molar-refractivity contribution in [1.29, 1.82) is 0 Å². The van der Waals surface area contributed by atoms with E-state index in [1.54, 1.807) is 42.5 Å². The normalized spacial score (nSPS) is 12.4. The van der Waals surface area contributed by atoms with Gasteiger partial charge >= 0.3 is 0 Å². The zero-order valence-electron chi connectivity index (χ0n) is 16.2. The van der Waals surface area contributed by atoms with Gasteiger partial charge in [-0.05, 0) is 43.5 Å². The molecule has 0 spiro atoms. The molecule has 1 N–H and O–H groups in total. The van der Waals surface area contributed by atoms with Crippen LogP contribution >= 0.6 is 0 Å². The summed E-state index contributed by atoms with van der Waals surface area (Å²) < 4.78 is 27.8. The molecule has 0 radical (unpaired) electrons. The molecule has 2 rings (SSSR count). The third kappa shape index (κ3) is 5.32. The topological polar surface area (TPSA) is 66.5 Å². The van der Waals surface area contributed by atoms with E-state index in [4.69, 9.17) is 0 Å². The van der Waals surface area contributed by atoms with Crippen LogP contribution in [0, 0.1) is 0 Å². The number of aryl methyl sites for hydroxylation is 1. The number of hydrogen-bond acceptors (Lipinski definition) is 3. The zero-order valence-corrected chi connectivity index (χ0v) is 17.0. The van der Waals surface area contributed by atoms with Crippen LogP contribution in [0.4, 0.5) is 5.69 Å². The number of benzene rings is 2. The van der Waals surface area contributed by atoms with Crippen molar-refractivity contribution in [3.05, 3.63) is 60.2 Å². The van der Waals surface area contributed by atoms with Crippen LogP contribution < -0.4 is 9.62 Å². The Morgan fingerprint density at radius 1 is 1.04 bits per heavy atom. The Bertz CT molecular complexity index is 851. The molecule has 0 aliphatic rings. The number of para-hydroxylation sites is 1. The van der Waals surface area contributed by atoms with Gasteiger partial charge in [0, 0.05) is 6.04 Å². The van der Waals surface area contributed by atoms with Crippen molar-refractivity contribution in [2.24, 2.45) is 0 Å². The van der Waals surface area contributed by atoms with Crippen molar-refractivity contribution in [3.63, 3.8) is 0 Å². The number of amides is 1. The monoisotopic (exact) mass is 388 g/mol. The second-order valence-electron chi connectivity index (χ2n) is 6.56. The minimum absolute atomic E-state index is 0.00481. The average molecular weight is 389 g/mol. The first-order valence-corrected chi connectivity index (χ1v) is 10.8.